The molecule has 1 N–H and O–H groups in total. The molecule has 0 aromatic rings. The van der Waals surface area contributed by atoms with Crippen molar-refractivity contribution in [2.45, 2.75) is 111 Å². The summed E-state index contributed by atoms with van der Waals surface area (Å²) < 4.78 is 0. The molecule has 3 aliphatic carbocycles. The predicted octanol–water partition coefficient (Wildman–Crippen LogP) is 7.14. The standard InChI is InChI=1S/C25H44O/c1-18(2)8-6-10-20(4)22-12-13-23-24(22,5)16-15-21-11-7-9-19(3)14-17-25(21,23)26/h14,18,20-23,26H,6-13,15-17H2,1-5H3/b19-14-/t20-,21-,22-,23-,24-,25+/m1/s1. The van der Waals surface area contributed by atoms with E-state index >= 15 is 0 Å². The molecule has 0 saturated heterocycles. The minimum atomic E-state index is -0.429. The molecule has 3 rings (SSSR count). The highest BCUT2D eigenvalue weighted by Gasteiger charge is 2.60. The van der Waals surface area contributed by atoms with Gasteiger partial charge in [-0.2, -0.15) is 0 Å². The van der Waals surface area contributed by atoms with Gasteiger partial charge < -0.3 is 5.11 Å². The first-order valence-electron chi connectivity index (χ1n) is 11.7. The third kappa shape index (κ3) is 3.80. The Bertz CT molecular complexity index is 506. The van der Waals surface area contributed by atoms with Crippen molar-refractivity contribution in [3.05, 3.63) is 11.6 Å². The SMILES string of the molecule is C/C1=C/C[C@]2(O)[C@H](CCC1)CC[C@]1(C)[C@@H]([C@H](C)CCCC(C)C)CC[C@H]12. The number of hydrogen-bond acceptors (Lipinski definition) is 1. The molecular weight excluding hydrogens is 316 g/mol. The van der Waals surface area contributed by atoms with Crippen LogP contribution in [0.1, 0.15) is 105 Å². The van der Waals surface area contributed by atoms with Crippen LogP contribution in [0.3, 0.4) is 0 Å². The van der Waals surface area contributed by atoms with Gasteiger partial charge in [0.25, 0.3) is 0 Å². The summed E-state index contributed by atoms with van der Waals surface area (Å²) in [4.78, 5) is 0. The lowest BCUT2D eigenvalue weighted by Crippen LogP contribution is -2.55. The van der Waals surface area contributed by atoms with Crippen molar-refractivity contribution in [3.8, 4) is 0 Å². The normalized spacial score (nSPS) is 43.8. The average molecular weight is 361 g/mol. The number of aliphatic hydroxyl groups is 1. The Morgan fingerprint density at radius 3 is 2.62 bits per heavy atom. The van der Waals surface area contributed by atoms with Gasteiger partial charge in [-0.25, -0.2) is 0 Å². The van der Waals surface area contributed by atoms with E-state index in [-0.39, 0.29) is 0 Å². The van der Waals surface area contributed by atoms with Crippen molar-refractivity contribution < 1.29 is 5.11 Å². The molecule has 0 radical (unpaired) electrons. The maximum Gasteiger partial charge on any atom is 0.0743 e. The predicted molar refractivity (Wildman–Crippen MR) is 112 cm³/mol. The van der Waals surface area contributed by atoms with E-state index in [1.54, 1.807) is 0 Å². The molecule has 2 fully saturated rings. The lowest BCUT2D eigenvalue weighted by Gasteiger charge is -2.55. The van der Waals surface area contributed by atoms with Gasteiger partial charge in [0.15, 0.2) is 0 Å². The van der Waals surface area contributed by atoms with E-state index in [0.717, 1.165) is 24.2 Å². The zero-order chi connectivity index (χ0) is 18.9. The molecule has 0 aliphatic heterocycles. The molecule has 0 spiro atoms. The topological polar surface area (TPSA) is 20.2 Å². The van der Waals surface area contributed by atoms with Crippen molar-refractivity contribution in [1.29, 1.82) is 0 Å². The van der Waals surface area contributed by atoms with Gasteiger partial charge in [0.2, 0.25) is 0 Å². The summed E-state index contributed by atoms with van der Waals surface area (Å²) in [7, 11) is 0. The van der Waals surface area contributed by atoms with E-state index in [4.69, 9.17) is 0 Å². The van der Waals surface area contributed by atoms with Crippen LogP contribution in [-0.2, 0) is 0 Å². The first-order valence-corrected chi connectivity index (χ1v) is 11.7. The second-order valence-electron chi connectivity index (χ2n) is 10.9. The van der Waals surface area contributed by atoms with Gasteiger partial charge in [-0.1, -0.05) is 58.6 Å². The van der Waals surface area contributed by atoms with Gasteiger partial charge in [0.1, 0.15) is 0 Å². The van der Waals surface area contributed by atoms with Crippen LogP contribution in [0.2, 0.25) is 0 Å². The Kier molecular flexibility index (Phi) is 6.27. The maximum atomic E-state index is 12.0. The molecule has 1 heteroatoms. The summed E-state index contributed by atoms with van der Waals surface area (Å²) in [6.07, 6.45) is 16.4. The summed E-state index contributed by atoms with van der Waals surface area (Å²) in [6, 6.07) is 0. The van der Waals surface area contributed by atoms with E-state index in [2.05, 4.69) is 40.7 Å². The van der Waals surface area contributed by atoms with Crippen molar-refractivity contribution in [2.75, 3.05) is 0 Å². The average Bonchev–Trinajstić information content (AvgIpc) is 2.92. The minimum absolute atomic E-state index is 0.365. The van der Waals surface area contributed by atoms with Gasteiger partial charge in [0.05, 0.1) is 5.60 Å². The van der Waals surface area contributed by atoms with Crippen molar-refractivity contribution >= 4 is 0 Å². The Morgan fingerprint density at radius 2 is 1.88 bits per heavy atom. The maximum absolute atomic E-state index is 12.0. The third-order valence-corrected chi connectivity index (χ3v) is 8.78. The Hall–Kier alpha value is -0.300. The van der Waals surface area contributed by atoms with Crippen LogP contribution in [0.25, 0.3) is 0 Å². The molecule has 0 heterocycles. The largest absolute Gasteiger partial charge is 0.389 e. The second-order valence-corrected chi connectivity index (χ2v) is 10.9. The summed E-state index contributed by atoms with van der Waals surface area (Å²) in [6.45, 7) is 12.0. The lowest BCUT2D eigenvalue weighted by atomic mass is 9.52. The van der Waals surface area contributed by atoms with Gasteiger partial charge in [-0.15, -0.1) is 0 Å². The van der Waals surface area contributed by atoms with E-state index in [1.165, 1.54) is 69.8 Å². The molecule has 0 aromatic heterocycles. The van der Waals surface area contributed by atoms with Crippen LogP contribution >= 0.6 is 0 Å². The smallest absolute Gasteiger partial charge is 0.0743 e. The molecule has 26 heavy (non-hydrogen) atoms. The van der Waals surface area contributed by atoms with Crippen LogP contribution < -0.4 is 0 Å². The van der Waals surface area contributed by atoms with Crippen LogP contribution in [0, 0.1) is 35.0 Å². The van der Waals surface area contributed by atoms with Crippen molar-refractivity contribution in [1.82, 2.24) is 0 Å². The van der Waals surface area contributed by atoms with E-state index in [9.17, 15) is 5.11 Å². The fourth-order valence-corrected chi connectivity index (χ4v) is 7.22. The fourth-order valence-electron chi connectivity index (χ4n) is 7.22. The monoisotopic (exact) mass is 360 g/mol. The highest BCUT2D eigenvalue weighted by atomic mass is 16.3. The number of allylic oxidation sites excluding steroid dienone is 1. The summed E-state index contributed by atoms with van der Waals surface area (Å²) in [5.41, 5.74) is 1.44. The Balaban J connectivity index is 1.75. The molecule has 6 atom stereocenters. The van der Waals surface area contributed by atoms with Crippen LogP contribution in [0.5, 0.6) is 0 Å². The van der Waals surface area contributed by atoms with Crippen LogP contribution in [-0.4, -0.2) is 10.7 Å². The molecule has 150 valence electrons. The van der Waals surface area contributed by atoms with Crippen LogP contribution in [0.4, 0.5) is 0 Å². The third-order valence-electron chi connectivity index (χ3n) is 8.78. The van der Waals surface area contributed by atoms with E-state index in [1.807, 2.05) is 0 Å². The quantitative estimate of drug-likeness (QED) is 0.516. The van der Waals surface area contributed by atoms with Crippen molar-refractivity contribution in [3.63, 3.8) is 0 Å². The number of hydrogen-bond donors (Lipinski definition) is 1. The molecule has 3 aliphatic rings. The van der Waals surface area contributed by atoms with Crippen molar-refractivity contribution in [2.24, 2.45) is 35.0 Å². The Morgan fingerprint density at radius 1 is 1.12 bits per heavy atom. The van der Waals surface area contributed by atoms with Gasteiger partial charge in [-0.3, -0.25) is 0 Å². The summed E-state index contributed by atoms with van der Waals surface area (Å²) in [5.74, 6) is 3.53. The second kappa shape index (κ2) is 7.98. The molecule has 0 bridgehead atoms. The zero-order valence-electron chi connectivity index (χ0n) is 18.2. The summed E-state index contributed by atoms with van der Waals surface area (Å²) >= 11 is 0. The lowest BCUT2D eigenvalue weighted by molar-refractivity contribution is -0.148. The summed E-state index contributed by atoms with van der Waals surface area (Å²) in [5, 5.41) is 12.0. The first kappa shape index (κ1) is 20.4. The molecule has 0 aromatic carbocycles. The van der Waals surface area contributed by atoms with Gasteiger partial charge >= 0.3 is 0 Å². The molecular formula is C25H44O. The molecule has 0 amide bonds. The Labute approximate surface area is 163 Å². The minimum Gasteiger partial charge on any atom is -0.389 e. The highest BCUT2D eigenvalue weighted by Crippen LogP contribution is 2.64. The molecule has 1 nitrogen and oxygen atoms in total. The van der Waals surface area contributed by atoms with E-state index < -0.39 is 5.60 Å². The number of rotatable bonds is 5. The molecule has 0 unspecified atom stereocenters. The van der Waals surface area contributed by atoms with Gasteiger partial charge in [0, 0.05) is 0 Å². The highest BCUT2D eigenvalue weighted by molar-refractivity contribution is 5.14. The molecule has 2 saturated carbocycles. The van der Waals surface area contributed by atoms with Crippen LogP contribution in [0.15, 0.2) is 11.6 Å². The zero-order valence-corrected chi connectivity index (χ0v) is 18.2. The first-order chi connectivity index (χ1) is 12.3. The van der Waals surface area contributed by atoms with E-state index in [0.29, 0.717) is 17.3 Å². The van der Waals surface area contributed by atoms with Gasteiger partial charge in [-0.05, 0) is 93.3 Å². The number of fused-ring (bicyclic) bond motifs is 3. The fraction of sp³-hybridized carbons (Fsp3) is 0.920.